The minimum Gasteiger partial charge on any atom is -0.315 e. The Morgan fingerprint density at radius 2 is 1.66 bits per heavy atom. The molecule has 0 radical (unpaired) electrons. The number of anilines is 2. The smallest absolute Gasteiger partial charge is 0.315 e. The molecule has 3 amide bonds. The van der Waals surface area contributed by atoms with Crippen LogP contribution in [-0.2, 0) is 4.79 Å². The van der Waals surface area contributed by atoms with E-state index in [1.54, 1.807) is 10.7 Å². The zero-order valence-electron chi connectivity index (χ0n) is 22.0. The predicted molar refractivity (Wildman–Crippen MR) is 149 cm³/mol. The summed E-state index contributed by atoms with van der Waals surface area (Å²) >= 11 is 0. The normalized spacial score (nSPS) is 10.9. The van der Waals surface area contributed by atoms with Crippen LogP contribution >= 0.6 is 0 Å². The summed E-state index contributed by atoms with van der Waals surface area (Å²) in [7, 11) is 0. The summed E-state index contributed by atoms with van der Waals surface area (Å²) in [5, 5.41) is 10.5. The minimum atomic E-state index is -0.481. The van der Waals surface area contributed by atoms with E-state index in [0.717, 1.165) is 28.1 Å². The number of amides is 3. The third-order valence-corrected chi connectivity index (χ3v) is 5.94. The number of benzene rings is 3. The van der Waals surface area contributed by atoms with Gasteiger partial charge in [-0.15, -0.1) is 0 Å². The van der Waals surface area contributed by atoms with Crippen LogP contribution in [0.1, 0.15) is 25.1 Å². The SMILES string of the molecule is Cc1ccc(-n2nc(C)c(-c3ccccc3)c2NC(=O)CN(CC(C)C)C(=O)Nc2cccc(F)c2)cc1. The van der Waals surface area contributed by atoms with Crippen LogP contribution in [0, 0.1) is 25.6 Å². The molecule has 1 heterocycles. The highest BCUT2D eigenvalue weighted by Crippen LogP contribution is 2.33. The number of nitrogens with zero attached hydrogens (tertiary/aromatic N) is 3. The molecule has 0 aliphatic rings. The Morgan fingerprint density at radius 1 is 0.947 bits per heavy atom. The van der Waals surface area contributed by atoms with Crippen LogP contribution < -0.4 is 10.6 Å². The van der Waals surface area contributed by atoms with Gasteiger partial charge < -0.3 is 15.5 Å². The summed E-state index contributed by atoms with van der Waals surface area (Å²) in [6, 6.07) is 22.8. The predicted octanol–water partition coefficient (Wildman–Crippen LogP) is 6.42. The Balaban J connectivity index is 1.63. The lowest BCUT2D eigenvalue weighted by atomic mass is 10.1. The molecule has 8 heteroatoms. The van der Waals surface area contributed by atoms with Crippen LogP contribution in [0.15, 0.2) is 78.9 Å². The van der Waals surface area contributed by atoms with Crippen molar-refractivity contribution in [3.63, 3.8) is 0 Å². The molecule has 7 nitrogen and oxygen atoms in total. The van der Waals surface area contributed by atoms with Crippen LogP contribution in [0.3, 0.4) is 0 Å². The lowest BCUT2D eigenvalue weighted by Crippen LogP contribution is -2.42. The number of halogens is 1. The number of rotatable bonds is 8. The molecule has 0 unspecified atom stereocenters. The number of hydrogen-bond donors (Lipinski definition) is 2. The van der Waals surface area contributed by atoms with E-state index in [9.17, 15) is 14.0 Å². The lowest BCUT2D eigenvalue weighted by molar-refractivity contribution is -0.116. The Hall–Kier alpha value is -4.46. The fourth-order valence-electron chi connectivity index (χ4n) is 4.24. The molecule has 0 bridgehead atoms. The summed E-state index contributed by atoms with van der Waals surface area (Å²) in [5.41, 5.74) is 4.72. The van der Waals surface area contributed by atoms with Crippen molar-refractivity contribution in [2.75, 3.05) is 23.7 Å². The van der Waals surface area contributed by atoms with Gasteiger partial charge in [-0.3, -0.25) is 4.79 Å². The first-order chi connectivity index (χ1) is 18.2. The van der Waals surface area contributed by atoms with Crippen molar-refractivity contribution < 1.29 is 14.0 Å². The number of aromatic nitrogens is 2. The lowest BCUT2D eigenvalue weighted by Gasteiger charge is -2.24. The van der Waals surface area contributed by atoms with Crippen molar-refractivity contribution in [2.45, 2.75) is 27.7 Å². The van der Waals surface area contributed by atoms with Gasteiger partial charge >= 0.3 is 6.03 Å². The maximum Gasteiger partial charge on any atom is 0.322 e. The molecule has 1 aromatic heterocycles. The second-order valence-electron chi connectivity index (χ2n) is 9.69. The van der Waals surface area contributed by atoms with Crippen LogP contribution in [0.5, 0.6) is 0 Å². The second kappa shape index (κ2) is 11.7. The van der Waals surface area contributed by atoms with Gasteiger partial charge in [0, 0.05) is 17.8 Å². The van der Waals surface area contributed by atoms with Gasteiger partial charge in [-0.25, -0.2) is 13.9 Å². The molecule has 0 fully saturated rings. The first kappa shape index (κ1) is 26.6. The van der Waals surface area contributed by atoms with Gasteiger partial charge in [0.1, 0.15) is 18.2 Å². The van der Waals surface area contributed by atoms with E-state index in [1.807, 2.05) is 82.3 Å². The second-order valence-corrected chi connectivity index (χ2v) is 9.69. The Morgan fingerprint density at radius 3 is 2.32 bits per heavy atom. The monoisotopic (exact) mass is 513 g/mol. The number of carbonyl (C=O) groups excluding carboxylic acids is 2. The molecular weight excluding hydrogens is 481 g/mol. The third-order valence-electron chi connectivity index (χ3n) is 5.94. The van der Waals surface area contributed by atoms with Crippen LogP contribution in [-0.4, -0.2) is 39.7 Å². The van der Waals surface area contributed by atoms with Gasteiger partial charge in [-0.2, -0.15) is 5.10 Å². The van der Waals surface area contributed by atoms with Gasteiger partial charge in [-0.05, 0) is 55.7 Å². The van der Waals surface area contributed by atoms with Crippen molar-refractivity contribution in [3.05, 3.63) is 95.9 Å². The van der Waals surface area contributed by atoms with E-state index in [2.05, 4.69) is 10.6 Å². The zero-order valence-corrected chi connectivity index (χ0v) is 22.0. The molecule has 38 heavy (non-hydrogen) atoms. The molecule has 3 aromatic carbocycles. The fraction of sp³-hybridized carbons (Fsp3) is 0.233. The molecule has 0 spiro atoms. The maximum atomic E-state index is 13.6. The Labute approximate surface area is 222 Å². The highest BCUT2D eigenvalue weighted by Gasteiger charge is 2.23. The fourth-order valence-corrected chi connectivity index (χ4v) is 4.24. The molecule has 0 saturated carbocycles. The van der Waals surface area contributed by atoms with Crippen molar-refractivity contribution >= 4 is 23.4 Å². The van der Waals surface area contributed by atoms with Crippen LogP contribution in [0.25, 0.3) is 16.8 Å². The highest BCUT2D eigenvalue weighted by molar-refractivity contribution is 5.99. The maximum absolute atomic E-state index is 13.6. The summed E-state index contributed by atoms with van der Waals surface area (Å²) in [5.74, 6) is -0.187. The van der Waals surface area contributed by atoms with Gasteiger partial charge in [0.05, 0.1) is 11.4 Å². The molecule has 2 N–H and O–H groups in total. The van der Waals surface area contributed by atoms with E-state index in [4.69, 9.17) is 5.10 Å². The number of hydrogen-bond acceptors (Lipinski definition) is 3. The summed E-state index contributed by atoms with van der Waals surface area (Å²) in [6.45, 7) is 7.99. The van der Waals surface area contributed by atoms with E-state index in [-0.39, 0.29) is 18.4 Å². The van der Waals surface area contributed by atoms with Crippen LogP contribution in [0.2, 0.25) is 0 Å². The number of urea groups is 1. The van der Waals surface area contributed by atoms with E-state index >= 15 is 0 Å². The topological polar surface area (TPSA) is 79.3 Å². The molecule has 196 valence electrons. The summed E-state index contributed by atoms with van der Waals surface area (Å²) in [4.78, 5) is 27.9. The number of nitrogens with one attached hydrogen (secondary N) is 2. The standard InChI is InChI=1S/C30H32FN5O2/c1-20(2)18-35(30(38)32-25-12-8-11-24(31)17-25)19-27(37)33-29-28(23-9-6-5-7-10-23)22(4)34-36(29)26-15-13-21(3)14-16-26/h5-17,20H,18-19H2,1-4H3,(H,32,38)(H,33,37). The first-order valence-electron chi connectivity index (χ1n) is 12.5. The largest absolute Gasteiger partial charge is 0.322 e. The van der Waals surface area contributed by atoms with Crippen molar-refractivity contribution in [3.8, 4) is 16.8 Å². The Kier molecular flexibility index (Phi) is 8.21. The summed E-state index contributed by atoms with van der Waals surface area (Å²) < 4.78 is 15.3. The third kappa shape index (κ3) is 6.45. The quantitative estimate of drug-likeness (QED) is 0.285. The average Bonchev–Trinajstić information content (AvgIpc) is 3.19. The van der Waals surface area contributed by atoms with E-state index < -0.39 is 11.8 Å². The molecular formula is C30H32FN5O2. The van der Waals surface area contributed by atoms with E-state index in [0.29, 0.717) is 18.1 Å². The number of carbonyl (C=O) groups is 2. The average molecular weight is 514 g/mol. The molecule has 0 aliphatic heterocycles. The first-order valence-corrected chi connectivity index (χ1v) is 12.5. The Bertz CT molecular complexity index is 1410. The highest BCUT2D eigenvalue weighted by atomic mass is 19.1. The summed E-state index contributed by atoms with van der Waals surface area (Å²) in [6.07, 6.45) is 0. The van der Waals surface area contributed by atoms with E-state index in [1.165, 1.54) is 23.1 Å². The van der Waals surface area contributed by atoms with Gasteiger partial charge in [0.25, 0.3) is 0 Å². The number of aryl methyl sites for hydroxylation is 2. The van der Waals surface area contributed by atoms with Crippen molar-refractivity contribution in [1.82, 2.24) is 14.7 Å². The van der Waals surface area contributed by atoms with Crippen molar-refractivity contribution in [2.24, 2.45) is 5.92 Å². The molecule has 0 aliphatic carbocycles. The minimum absolute atomic E-state index is 0.112. The van der Waals surface area contributed by atoms with Crippen molar-refractivity contribution in [1.29, 1.82) is 0 Å². The van der Waals surface area contributed by atoms with Gasteiger partial charge in [0.2, 0.25) is 5.91 Å². The molecule has 4 aromatic rings. The van der Waals surface area contributed by atoms with Gasteiger partial charge in [0.15, 0.2) is 0 Å². The molecule has 0 atom stereocenters. The molecule has 4 rings (SSSR count). The molecule has 0 saturated heterocycles. The van der Waals surface area contributed by atoms with Gasteiger partial charge in [-0.1, -0.05) is 67.9 Å². The zero-order chi connectivity index (χ0) is 27.2. The van der Waals surface area contributed by atoms with Crippen LogP contribution in [0.4, 0.5) is 20.7 Å².